The van der Waals surface area contributed by atoms with E-state index in [1.54, 1.807) is 6.20 Å². The molecular weight excluding hydrogens is 260 g/mol. The predicted molar refractivity (Wildman–Crippen MR) is 80.1 cm³/mol. The minimum Gasteiger partial charge on any atom is -0.412 e. The van der Waals surface area contributed by atoms with Crippen LogP contribution in [0.15, 0.2) is 60.8 Å². The third kappa shape index (κ3) is 2.67. The molecule has 0 radical (unpaired) electrons. The Balaban J connectivity index is 0.00000133. The van der Waals surface area contributed by atoms with Crippen LogP contribution in [0.4, 0.5) is 11.5 Å². The van der Waals surface area contributed by atoms with E-state index in [2.05, 4.69) is 16.4 Å². The summed E-state index contributed by atoms with van der Waals surface area (Å²) >= 11 is 6.14. The van der Waals surface area contributed by atoms with Crippen molar-refractivity contribution >= 4 is 33.9 Å². The van der Waals surface area contributed by atoms with Crippen LogP contribution in [0.1, 0.15) is 0 Å². The van der Waals surface area contributed by atoms with Gasteiger partial charge in [-0.15, -0.1) is 0 Å². The predicted octanol–water partition coefficient (Wildman–Crippen LogP) is 3.81. The summed E-state index contributed by atoms with van der Waals surface area (Å²) in [4.78, 5) is 4.37. The number of nitrogens with zero attached hydrogens (tertiary/aromatic N) is 1. The Morgan fingerprint density at radius 2 is 1.63 bits per heavy atom. The van der Waals surface area contributed by atoms with Crippen molar-refractivity contribution in [1.82, 2.24) is 4.98 Å². The normalized spacial score (nSPS) is 9.95. The lowest BCUT2D eigenvalue weighted by molar-refractivity contribution is 0.824. The van der Waals surface area contributed by atoms with Gasteiger partial charge in [0.1, 0.15) is 5.82 Å². The molecule has 0 saturated heterocycles. The number of hydrogen-bond acceptors (Lipinski definition) is 2. The molecule has 2 aromatic carbocycles. The molecule has 0 fully saturated rings. The highest BCUT2D eigenvalue weighted by molar-refractivity contribution is 6.33. The summed E-state index contributed by atoms with van der Waals surface area (Å²) in [6.45, 7) is 0. The Labute approximate surface area is 116 Å². The van der Waals surface area contributed by atoms with E-state index in [0.29, 0.717) is 5.02 Å². The highest BCUT2D eigenvalue weighted by Gasteiger charge is 2.04. The average Bonchev–Trinajstić information content (AvgIpc) is 2.42. The quantitative estimate of drug-likeness (QED) is 0.771. The maximum absolute atomic E-state index is 6.14. The molecule has 19 heavy (non-hydrogen) atoms. The lowest BCUT2D eigenvalue weighted by Crippen LogP contribution is -1.94. The maximum atomic E-state index is 6.14. The zero-order valence-corrected chi connectivity index (χ0v) is 10.9. The summed E-state index contributed by atoms with van der Waals surface area (Å²) in [5.41, 5.74) is 0.864. The molecule has 0 unspecified atom stereocenters. The molecule has 0 bridgehead atoms. The van der Waals surface area contributed by atoms with Crippen LogP contribution in [0, 0.1) is 0 Å². The number of para-hydroxylation sites is 1. The molecule has 0 aliphatic heterocycles. The molecule has 3 aromatic rings. The topological polar surface area (TPSA) is 56.4 Å². The number of fused-ring (bicyclic) bond motifs is 1. The van der Waals surface area contributed by atoms with Gasteiger partial charge in [-0.25, -0.2) is 4.98 Å². The minimum atomic E-state index is 0. The third-order valence-corrected chi connectivity index (χ3v) is 3.13. The van der Waals surface area contributed by atoms with E-state index >= 15 is 0 Å². The Kier molecular flexibility index (Phi) is 4.00. The van der Waals surface area contributed by atoms with Crippen LogP contribution in [-0.4, -0.2) is 10.5 Å². The number of hydrogen-bond donors (Lipinski definition) is 1. The van der Waals surface area contributed by atoms with E-state index in [1.165, 1.54) is 0 Å². The third-order valence-electron chi connectivity index (χ3n) is 2.80. The number of nitrogens with one attached hydrogen (secondary N) is 1. The first-order valence-corrected chi connectivity index (χ1v) is 6.08. The van der Waals surface area contributed by atoms with E-state index in [9.17, 15) is 0 Å². The fourth-order valence-corrected chi connectivity index (χ4v) is 2.09. The number of pyridine rings is 1. The van der Waals surface area contributed by atoms with Gasteiger partial charge in [-0.3, -0.25) is 0 Å². The summed E-state index contributed by atoms with van der Waals surface area (Å²) in [6, 6.07) is 17.8. The zero-order chi connectivity index (χ0) is 12.4. The van der Waals surface area contributed by atoms with Crippen LogP contribution in [0.25, 0.3) is 10.8 Å². The number of anilines is 2. The molecule has 0 amide bonds. The van der Waals surface area contributed by atoms with Crippen LogP contribution < -0.4 is 5.32 Å². The Hall–Kier alpha value is -2.10. The largest absolute Gasteiger partial charge is 0.412 e. The molecule has 0 atom stereocenters. The first-order valence-electron chi connectivity index (χ1n) is 5.70. The van der Waals surface area contributed by atoms with Crippen molar-refractivity contribution in [3.63, 3.8) is 0 Å². The average molecular weight is 273 g/mol. The zero-order valence-electron chi connectivity index (χ0n) is 10.1. The minimum absolute atomic E-state index is 0. The number of benzene rings is 2. The lowest BCUT2D eigenvalue weighted by atomic mass is 10.1. The molecule has 0 spiro atoms. The van der Waals surface area contributed by atoms with Gasteiger partial charge in [-0.05, 0) is 23.6 Å². The van der Waals surface area contributed by atoms with Crippen molar-refractivity contribution < 1.29 is 5.48 Å². The molecule has 96 valence electrons. The Morgan fingerprint density at radius 1 is 0.895 bits per heavy atom. The van der Waals surface area contributed by atoms with Crippen LogP contribution in [0.2, 0.25) is 5.02 Å². The van der Waals surface area contributed by atoms with Crippen molar-refractivity contribution in [2.24, 2.45) is 0 Å². The van der Waals surface area contributed by atoms with E-state index in [0.717, 1.165) is 22.3 Å². The van der Waals surface area contributed by atoms with Gasteiger partial charge in [0, 0.05) is 11.6 Å². The molecule has 0 saturated carbocycles. The molecule has 0 aliphatic carbocycles. The number of aromatic nitrogens is 1. The second-order valence-corrected chi connectivity index (χ2v) is 4.39. The highest BCUT2D eigenvalue weighted by atomic mass is 35.5. The molecule has 1 aromatic heterocycles. The standard InChI is InChI=1S/C15H11ClN2.H2O/c16-13-7-3-4-8-14(13)18-15-12-6-2-1-5-11(12)9-10-17-15;/h1-10H,(H,17,18);1H2. The van der Waals surface area contributed by atoms with E-state index in [-0.39, 0.29) is 5.48 Å². The molecule has 3 nitrogen and oxygen atoms in total. The second-order valence-electron chi connectivity index (χ2n) is 3.99. The van der Waals surface area contributed by atoms with Crippen molar-refractivity contribution in [3.05, 3.63) is 65.8 Å². The van der Waals surface area contributed by atoms with Gasteiger partial charge in [0.2, 0.25) is 0 Å². The summed E-state index contributed by atoms with van der Waals surface area (Å²) < 4.78 is 0. The maximum Gasteiger partial charge on any atom is 0.138 e. The van der Waals surface area contributed by atoms with Gasteiger partial charge in [0.25, 0.3) is 0 Å². The molecule has 0 aliphatic rings. The first kappa shape index (κ1) is 13.3. The summed E-state index contributed by atoms with van der Waals surface area (Å²) in [5.74, 6) is 0.821. The van der Waals surface area contributed by atoms with Crippen molar-refractivity contribution in [1.29, 1.82) is 0 Å². The number of halogens is 1. The van der Waals surface area contributed by atoms with Gasteiger partial charge >= 0.3 is 0 Å². The number of rotatable bonds is 2. The lowest BCUT2D eigenvalue weighted by Gasteiger charge is -2.09. The molecule has 3 N–H and O–H groups in total. The molecule has 3 rings (SSSR count). The summed E-state index contributed by atoms with van der Waals surface area (Å²) in [5, 5.41) is 6.20. The molecular formula is C15H13ClN2O. The smallest absolute Gasteiger partial charge is 0.138 e. The summed E-state index contributed by atoms with van der Waals surface area (Å²) in [6.07, 6.45) is 1.79. The highest BCUT2D eigenvalue weighted by Crippen LogP contribution is 2.27. The first-order chi connectivity index (χ1) is 8.84. The van der Waals surface area contributed by atoms with Gasteiger partial charge in [0.15, 0.2) is 0 Å². The van der Waals surface area contributed by atoms with Crippen molar-refractivity contribution in [2.45, 2.75) is 0 Å². The second kappa shape index (κ2) is 5.69. The fraction of sp³-hybridized carbons (Fsp3) is 0. The SMILES string of the molecule is Clc1ccccc1Nc1nccc2ccccc12.O. The van der Waals surface area contributed by atoms with Crippen molar-refractivity contribution in [3.8, 4) is 0 Å². The molecule has 4 heteroatoms. The van der Waals surface area contributed by atoms with E-state index in [1.807, 2.05) is 48.5 Å². The van der Waals surface area contributed by atoms with Crippen LogP contribution >= 0.6 is 11.6 Å². The van der Waals surface area contributed by atoms with Gasteiger partial charge in [-0.1, -0.05) is 48.0 Å². The van der Waals surface area contributed by atoms with E-state index in [4.69, 9.17) is 11.6 Å². The molecule has 1 heterocycles. The van der Waals surface area contributed by atoms with Gasteiger partial charge in [0.05, 0.1) is 10.7 Å². The Morgan fingerprint density at radius 3 is 2.47 bits per heavy atom. The van der Waals surface area contributed by atoms with Crippen LogP contribution in [0.5, 0.6) is 0 Å². The fourth-order valence-electron chi connectivity index (χ4n) is 1.91. The Bertz CT molecular complexity index is 695. The van der Waals surface area contributed by atoms with Crippen molar-refractivity contribution in [2.75, 3.05) is 5.32 Å². The van der Waals surface area contributed by atoms with Gasteiger partial charge in [-0.2, -0.15) is 0 Å². The van der Waals surface area contributed by atoms with Crippen LogP contribution in [-0.2, 0) is 0 Å². The van der Waals surface area contributed by atoms with Crippen LogP contribution in [0.3, 0.4) is 0 Å². The summed E-state index contributed by atoms with van der Waals surface area (Å²) in [7, 11) is 0. The van der Waals surface area contributed by atoms with E-state index < -0.39 is 0 Å². The monoisotopic (exact) mass is 272 g/mol. The van der Waals surface area contributed by atoms with Gasteiger partial charge < -0.3 is 10.8 Å².